The number of halogens is 1. The van der Waals surface area contributed by atoms with Gasteiger partial charge in [0.2, 0.25) is 10.0 Å². The molecule has 0 saturated carbocycles. The lowest BCUT2D eigenvalue weighted by atomic mass is 10.1. The van der Waals surface area contributed by atoms with Crippen molar-refractivity contribution in [2.24, 2.45) is 5.92 Å². The van der Waals surface area contributed by atoms with Crippen LogP contribution in [0, 0.1) is 25.6 Å². The Morgan fingerprint density at radius 3 is 2.56 bits per heavy atom. The fourth-order valence-corrected chi connectivity index (χ4v) is 4.55. The van der Waals surface area contributed by atoms with Gasteiger partial charge in [-0.15, -0.1) is 0 Å². The van der Waals surface area contributed by atoms with Crippen LogP contribution in [0.25, 0.3) is 0 Å². The Bertz CT molecular complexity index is 850. The number of aryl methyl sites for hydroxylation is 2. The SMILES string of the molecule is Cc1ccc(N2CCC(CNS(=O)(=O)c3ccc(F)cc3C)C2)cc1. The zero-order chi connectivity index (χ0) is 18.0. The van der Waals surface area contributed by atoms with Crippen LogP contribution < -0.4 is 9.62 Å². The van der Waals surface area contributed by atoms with Gasteiger partial charge in [-0.25, -0.2) is 17.5 Å². The van der Waals surface area contributed by atoms with Gasteiger partial charge in [-0.2, -0.15) is 0 Å². The van der Waals surface area contributed by atoms with Crippen LogP contribution in [0.2, 0.25) is 0 Å². The molecule has 2 aromatic rings. The van der Waals surface area contributed by atoms with Crippen molar-refractivity contribution in [1.82, 2.24) is 4.72 Å². The van der Waals surface area contributed by atoms with Crippen molar-refractivity contribution in [2.75, 3.05) is 24.5 Å². The van der Waals surface area contributed by atoms with Gasteiger partial charge < -0.3 is 4.90 Å². The number of sulfonamides is 1. The highest BCUT2D eigenvalue weighted by Crippen LogP contribution is 2.24. The second-order valence-corrected chi connectivity index (χ2v) is 8.43. The molecule has 1 fully saturated rings. The molecule has 1 aliphatic heterocycles. The van der Waals surface area contributed by atoms with Gasteiger partial charge in [0, 0.05) is 25.3 Å². The summed E-state index contributed by atoms with van der Waals surface area (Å²) in [5, 5.41) is 0. The fourth-order valence-electron chi connectivity index (χ4n) is 3.21. The molecule has 1 heterocycles. The topological polar surface area (TPSA) is 49.4 Å². The molecule has 1 aliphatic rings. The summed E-state index contributed by atoms with van der Waals surface area (Å²) in [6.07, 6.45) is 0.943. The molecule has 3 rings (SSSR count). The lowest BCUT2D eigenvalue weighted by molar-refractivity contribution is 0.541. The molecule has 4 nitrogen and oxygen atoms in total. The number of nitrogens with one attached hydrogen (secondary N) is 1. The Morgan fingerprint density at radius 2 is 1.88 bits per heavy atom. The maximum atomic E-state index is 13.2. The van der Waals surface area contributed by atoms with Crippen LogP contribution in [0.5, 0.6) is 0 Å². The van der Waals surface area contributed by atoms with E-state index in [9.17, 15) is 12.8 Å². The number of benzene rings is 2. The van der Waals surface area contributed by atoms with E-state index < -0.39 is 15.8 Å². The van der Waals surface area contributed by atoms with Gasteiger partial charge in [0.25, 0.3) is 0 Å². The average Bonchev–Trinajstić information content (AvgIpc) is 3.02. The summed E-state index contributed by atoms with van der Waals surface area (Å²) in [5.41, 5.74) is 2.81. The molecular weight excluding hydrogens is 339 g/mol. The Morgan fingerprint density at radius 1 is 1.16 bits per heavy atom. The summed E-state index contributed by atoms with van der Waals surface area (Å²) < 4.78 is 40.8. The van der Waals surface area contributed by atoms with Crippen molar-refractivity contribution in [3.05, 3.63) is 59.4 Å². The Hall–Kier alpha value is -1.92. The highest BCUT2D eigenvalue weighted by molar-refractivity contribution is 7.89. The summed E-state index contributed by atoms with van der Waals surface area (Å²) in [6, 6.07) is 12.1. The average molecular weight is 362 g/mol. The molecule has 134 valence electrons. The smallest absolute Gasteiger partial charge is 0.240 e. The molecule has 0 aromatic heterocycles. The van der Waals surface area contributed by atoms with Crippen LogP contribution in [-0.4, -0.2) is 28.1 Å². The van der Waals surface area contributed by atoms with Crippen LogP contribution in [0.15, 0.2) is 47.4 Å². The third kappa shape index (κ3) is 4.19. The first-order valence-corrected chi connectivity index (χ1v) is 9.91. The predicted octanol–water partition coefficient (Wildman–Crippen LogP) is 3.25. The maximum absolute atomic E-state index is 13.2. The highest BCUT2D eigenvalue weighted by atomic mass is 32.2. The van der Waals surface area contributed by atoms with E-state index in [0.717, 1.165) is 19.5 Å². The van der Waals surface area contributed by atoms with E-state index in [2.05, 4.69) is 40.8 Å². The van der Waals surface area contributed by atoms with Crippen molar-refractivity contribution in [1.29, 1.82) is 0 Å². The molecule has 0 spiro atoms. The van der Waals surface area contributed by atoms with Crippen molar-refractivity contribution in [2.45, 2.75) is 25.2 Å². The number of rotatable bonds is 5. The monoisotopic (exact) mass is 362 g/mol. The first-order valence-electron chi connectivity index (χ1n) is 8.42. The second kappa shape index (κ2) is 7.14. The van der Waals surface area contributed by atoms with Crippen molar-refractivity contribution in [3.8, 4) is 0 Å². The summed E-state index contributed by atoms with van der Waals surface area (Å²) in [4.78, 5) is 2.42. The molecule has 25 heavy (non-hydrogen) atoms. The molecule has 2 aromatic carbocycles. The number of hydrogen-bond donors (Lipinski definition) is 1. The van der Waals surface area contributed by atoms with Gasteiger partial charge in [0.05, 0.1) is 4.90 Å². The first kappa shape index (κ1) is 17.9. The molecule has 1 saturated heterocycles. The molecule has 0 aliphatic carbocycles. The van der Waals surface area contributed by atoms with Crippen LogP contribution in [-0.2, 0) is 10.0 Å². The van der Waals surface area contributed by atoms with E-state index in [4.69, 9.17) is 0 Å². The lowest BCUT2D eigenvalue weighted by Gasteiger charge is -2.19. The van der Waals surface area contributed by atoms with E-state index >= 15 is 0 Å². The van der Waals surface area contributed by atoms with Crippen LogP contribution in [0.3, 0.4) is 0 Å². The molecule has 1 unspecified atom stereocenters. The minimum atomic E-state index is -3.62. The van der Waals surface area contributed by atoms with Gasteiger partial charge in [0.1, 0.15) is 5.82 Å². The van der Waals surface area contributed by atoms with E-state index in [-0.39, 0.29) is 10.8 Å². The molecule has 0 amide bonds. The normalized spacial score (nSPS) is 17.9. The van der Waals surface area contributed by atoms with E-state index in [1.54, 1.807) is 6.92 Å². The summed E-state index contributed by atoms with van der Waals surface area (Å²) in [5.74, 6) is -0.169. The number of hydrogen-bond acceptors (Lipinski definition) is 3. The quantitative estimate of drug-likeness (QED) is 0.888. The molecule has 1 atom stereocenters. The number of anilines is 1. The Labute approximate surface area is 148 Å². The minimum Gasteiger partial charge on any atom is -0.371 e. The highest BCUT2D eigenvalue weighted by Gasteiger charge is 2.25. The van der Waals surface area contributed by atoms with Crippen LogP contribution in [0.4, 0.5) is 10.1 Å². The van der Waals surface area contributed by atoms with Gasteiger partial charge in [-0.1, -0.05) is 17.7 Å². The van der Waals surface area contributed by atoms with E-state index in [0.29, 0.717) is 12.1 Å². The van der Waals surface area contributed by atoms with Gasteiger partial charge in [-0.05, 0) is 62.1 Å². The standard InChI is InChI=1S/C19H23FN2O2S/c1-14-3-6-18(7-4-14)22-10-9-16(13-22)12-21-25(23,24)19-8-5-17(20)11-15(19)2/h3-8,11,16,21H,9-10,12-13H2,1-2H3. The zero-order valence-corrected chi connectivity index (χ0v) is 15.3. The molecule has 6 heteroatoms. The third-order valence-electron chi connectivity index (χ3n) is 4.67. The Kier molecular flexibility index (Phi) is 5.11. The third-order valence-corrected chi connectivity index (χ3v) is 6.26. The largest absolute Gasteiger partial charge is 0.371 e. The predicted molar refractivity (Wildman–Crippen MR) is 97.8 cm³/mol. The molecule has 1 N–H and O–H groups in total. The molecule has 0 bridgehead atoms. The lowest BCUT2D eigenvalue weighted by Crippen LogP contribution is -2.31. The molecular formula is C19H23FN2O2S. The zero-order valence-electron chi connectivity index (χ0n) is 14.5. The van der Waals surface area contributed by atoms with Gasteiger partial charge >= 0.3 is 0 Å². The van der Waals surface area contributed by atoms with Crippen molar-refractivity contribution < 1.29 is 12.8 Å². The van der Waals surface area contributed by atoms with Crippen LogP contribution >= 0.6 is 0 Å². The summed E-state index contributed by atoms with van der Waals surface area (Å²) in [6.45, 7) is 5.80. The van der Waals surface area contributed by atoms with Gasteiger partial charge in [0.15, 0.2) is 0 Å². The van der Waals surface area contributed by atoms with Crippen molar-refractivity contribution >= 4 is 15.7 Å². The van der Waals surface area contributed by atoms with Crippen LogP contribution in [0.1, 0.15) is 17.5 Å². The fraction of sp³-hybridized carbons (Fsp3) is 0.368. The minimum absolute atomic E-state index is 0.141. The second-order valence-electron chi connectivity index (χ2n) is 6.70. The van der Waals surface area contributed by atoms with Gasteiger partial charge in [-0.3, -0.25) is 0 Å². The van der Waals surface area contributed by atoms with E-state index in [1.165, 1.54) is 29.4 Å². The summed E-state index contributed by atoms with van der Waals surface area (Å²) in [7, 11) is -3.62. The van der Waals surface area contributed by atoms with E-state index in [1.807, 2.05) is 0 Å². The molecule has 0 radical (unpaired) electrons. The van der Waals surface area contributed by atoms with Crippen molar-refractivity contribution in [3.63, 3.8) is 0 Å². The summed E-state index contributed by atoms with van der Waals surface area (Å²) >= 11 is 0. The number of nitrogens with zero attached hydrogens (tertiary/aromatic N) is 1. The Balaban J connectivity index is 1.61. The first-order chi connectivity index (χ1) is 11.8. The maximum Gasteiger partial charge on any atom is 0.240 e.